The Bertz CT molecular complexity index is 1010. The number of unbranched alkanes of at least 4 members (excludes halogenated alkanes) is 2. The number of primary amides is 1. The maximum Gasteiger partial charge on any atom is 0.319 e. The Morgan fingerprint density at radius 2 is 1.89 bits per heavy atom. The summed E-state index contributed by atoms with van der Waals surface area (Å²) in [5.41, 5.74) is 6.54. The number of ether oxygens (including phenoxy) is 1. The average molecular weight is 523 g/mol. The second-order valence-corrected chi connectivity index (χ2v) is 9.56. The monoisotopic (exact) mass is 522 g/mol. The number of aliphatic hydroxyl groups excluding tert-OH is 1. The maximum atomic E-state index is 14.1. The number of carbonyl (C=O) groups is 2. The van der Waals surface area contributed by atoms with E-state index in [1.807, 2.05) is 0 Å². The lowest BCUT2D eigenvalue weighted by molar-refractivity contribution is 0.0996. The summed E-state index contributed by atoms with van der Waals surface area (Å²) in [5.74, 6) is -1.25. The van der Waals surface area contributed by atoms with E-state index in [9.17, 15) is 14.0 Å². The van der Waals surface area contributed by atoms with E-state index in [4.69, 9.17) is 15.6 Å². The third-order valence-electron chi connectivity index (χ3n) is 6.03. The number of aliphatic hydroxyl groups is 1. The Hall–Kier alpha value is -2.80. The van der Waals surface area contributed by atoms with Crippen molar-refractivity contribution in [1.82, 2.24) is 19.5 Å². The average Bonchev–Trinajstić information content (AvgIpc) is 3.24. The number of aromatic nitrogens is 1. The number of aryl methyl sites for hydroxylation is 1. The molecule has 198 valence electrons. The quantitative estimate of drug-likeness (QED) is 0.296. The van der Waals surface area contributed by atoms with Crippen LogP contribution in [0.4, 0.5) is 14.2 Å². The van der Waals surface area contributed by atoms with E-state index in [1.165, 1.54) is 6.07 Å². The molecule has 0 spiro atoms. The molecule has 0 radical (unpaired) electrons. The fourth-order valence-electron chi connectivity index (χ4n) is 3.96. The molecule has 10 nitrogen and oxygen atoms in total. The molecule has 0 bridgehead atoms. The van der Waals surface area contributed by atoms with Gasteiger partial charge in [0.1, 0.15) is 23.0 Å². The number of piperazine rings is 1. The molecule has 3 rings (SSSR count). The lowest BCUT2D eigenvalue weighted by atomic mass is 10.1. The minimum Gasteiger partial charge on any atom is -0.471 e. The molecule has 1 saturated heterocycles. The molecule has 0 unspecified atom stereocenters. The minimum absolute atomic E-state index is 0.0400. The van der Waals surface area contributed by atoms with E-state index in [0.717, 1.165) is 75.6 Å². The van der Waals surface area contributed by atoms with Gasteiger partial charge in [-0.25, -0.2) is 9.18 Å². The van der Waals surface area contributed by atoms with Gasteiger partial charge in [0.25, 0.3) is 5.91 Å². The lowest BCUT2D eigenvalue weighted by Gasteiger charge is -2.34. The van der Waals surface area contributed by atoms with Gasteiger partial charge in [0.05, 0.1) is 6.61 Å². The van der Waals surface area contributed by atoms with Gasteiger partial charge in [-0.2, -0.15) is 4.37 Å². The zero-order valence-electron chi connectivity index (χ0n) is 20.6. The van der Waals surface area contributed by atoms with Crippen LogP contribution in [0.2, 0.25) is 0 Å². The highest BCUT2D eigenvalue weighted by molar-refractivity contribution is 7.11. The van der Waals surface area contributed by atoms with Crippen LogP contribution in [0.25, 0.3) is 0 Å². The number of hydrogen-bond donors (Lipinski definition) is 4. The molecule has 1 aliphatic rings. The minimum atomic E-state index is -0.796. The normalized spacial score (nSPS) is 14.5. The zero-order valence-corrected chi connectivity index (χ0v) is 21.4. The standard InChI is InChI=1S/C24H35FN6O4S/c1-17-5-6-18(19(25)15-17)16-35-22-20(21(26)33)23(36-29-22)28-24(34)27-7-3-2-4-8-30-9-11-31(12-10-30)13-14-32/h5-6,15,32H,2-4,7-14,16H2,1H3,(H2,26,33)(H2,27,28,34). The first kappa shape index (κ1) is 27.8. The first-order valence-corrected chi connectivity index (χ1v) is 12.9. The van der Waals surface area contributed by atoms with Gasteiger partial charge in [-0.3, -0.25) is 15.0 Å². The van der Waals surface area contributed by atoms with Crippen LogP contribution in [-0.2, 0) is 6.61 Å². The number of halogens is 1. The van der Waals surface area contributed by atoms with E-state index >= 15 is 0 Å². The molecule has 1 aromatic carbocycles. The Morgan fingerprint density at radius 3 is 2.56 bits per heavy atom. The van der Waals surface area contributed by atoms with Crippen LogP contribution in [-0.4, -0.2) is 83.6 Å². The Labute approximate surface area is 214 Å². The maximum absolute atomic E-state index is 14.1. The smallest absolute Gasteiger partial charge is 0.319 e. The second-order valence-electron chi connectivity index (χ2n) is 8.79. The number of amides is 3. The first-order valence-electron chi connectivity index (χ1n) is 12.1. The number of anilines is 1. The molecule has 5 N–H and O–H groups in total. The Morgan fingerprint density at radius 1 is 1.17 bits per heavy atom. The van der Waals surface area contributed by atoms with Gasteiger partial charge >= 0.3 is 6.03 Å². The van der Waals surface area contributed by atoms with Crippen molar-refractivity contribution in [2.75, 3.05) is 57.7 Å². The van der Waals surface area contributed by atoms with Crippen LogP contribution in [0.1, 0.15) is 40.7 Å². The molecule has 36 heavy (non-hydrogen) atoms. The third-order valence-corrected chi connectivity index (χ3v) is 6.77. The van der Waals surface area contributed by atoms with Crippen LogP contribution in [0.15, 0.2) is 18.2 Å². The van der Waals surface area contributed by atoms with Gasteiger partial charge in [0.2, 0.25) is 5.88 Å². The lowest BCUT2D eigenvalue weighted by Crippen LogP contribution is -2.47. The second kappa shape index (κ2) is 14.1. The van der Waals surface area contributed by atoms with Crippen LogP contribution < -0.4 is 21.1 Å². The fourth-order valence-corrected chi connectivity index (χ4v) is 4.69. The van der Waals surface area contributed by atoms with Crippen molar-refractivity contribution >= 4 is 28.5 Å². The van der Waals surface area contributed by atoms with Crippen LogP contribution >= 0.6 is 11.5 Å². The summed E-state index contributed by atoms with van der Waals surface area (Å²) in [6, 6.07) is 4.30. The van der Waals surface area contributed by atoms with Gasteiger partial charge in [-0.1, -0.05) is 18.6 Å². The van der Waals surface area contributed by atoms with Crippen molar-refractivity contribution in [2.24, 2.45) is 5.73 Å². The summed E-state index contributed by atoms with van der Waals surface area (Å²) in [5, 5.41) is 14.6. The Kier molecular flexibility index (Phi) is 10.9. The van der Waals surface area contributed by atoms with Crippen molar-refractivity contribution in [3.63, 3.8) is 0 Å². The number of nitrogens with one attached hydrogen (secondary N) is 2. The van der Waals surface area contributed by atoms with Gasteiger partial charge in [0, 0.05) is 44.8 Å². The van der Waals surface area contributed by atoms with Crippen molar-refractivity contribution in [3.8, 4) is 5.88 Å². The SMILES string of the molecule is Cc1ccc(COc2nsc(NC(=O)NCCCCCN3CCN(CCO)CC3)c2C(N)=O)c(F)c1. The molecule has 0 atom stereocenters. The molecule has 1 aliphatic heterocycles. The molecule has 12 heteroatoms. The fraction of sp³-hybridized carbons (Fsp3) is 0.542. The van der Waals surface area contributed by atoms with E-state index in [-0.39, 0.29) is 29.7 Å². The summed E-state index contributed by atoms with van der Waals surface area (Å²) in [7, 11) is 0. The predicted octanol–water partition coefficient (Wildman–Crippen LogP) is 2.17. The van der Waals surface area contributed by atoms with Crippen molar-refractivity contribution in [2.45, 2.75) is 32.8 Å². The van der Waals surface area contributed by atoms with E-state index in [2.05, 4.69) is 24.8 Å². The summed E-state index contributed by atoms with van der Waals surface area (Å²) in [6.45, 7) is 8.14. The summed E-state index contributed by atoms with van der Waals surface area (Å²) >= 11 is 0.877. The third kappa shape index (κ3) is 8.40. The predicted molar refractivity (Wildman–Crippen MR) is 137 cm³/mol. The molecule has 1 aromatic heterocycles. The van der Waals surface area contributed by atoms with Crippen molar-refractivity contribution < 1.29 is 23.8 Å². The molecule has 3 amide bonds. The first-order chi connectivity index (χ1) is 17.4. The molecule has 0 aliphatic carbocycles. The number of urea groups is 1. The van der Waals surface area contributed by atoms with E-state index in [0.29, 0.717) is 12.1 Å². The van der Waals surface area contributed by atoms with Crippen molar-refractivity contribution in [1.29, 1.82) is 0 Å². The summed E-state index contributed by atoms with van der Waals surface area (Å²) in [6.07, 6.45) is 2.86. The van der Waals surface area contributed by atoms with Gasteiger partial charge in [-0.15, -0.1) is 0 Å². The molecular weight excluding hydrogens is 487 g/mol. The number of hydrogen-bond acceptors (Lipinski definition) is 8. The molecule has 2 aromatic rings. The van der Waals surface area contributed by atoms with Gasteiger partial charge in [-0.05, 0) is 49.5 Å². The number of nitrogens with two attached hydrogens (primary N) is 1. The number of carbonyl (C=O) groups excluding carboxylic acids is 2. The topological polar surface area (TPSA) is 133 Å². The Balaban J connectivity index is 1.37. The summed E-state index contributed by atoms with van der Waals surface area (Å²) < 4.78 is 23.7. The van der Waals surface area contributed by atoms with Gasteiger partial charge < -0.3 is 25.8 Å². The van der Waals surface area contributed by atoms with Crippen LogP contribution in [0, 0.1) is 12.7 Å². The van der Waals surface area contributed by atoms with Crippen LogP contribution in [0.3, 0.4) is 0 Å². The van der Waals surface area contributed by atoms with Crippen molar-refractivity contribution in [3.05, 3.63) is 40.7 Å². The number of β-amino-alcohol motifs (C(OH)–C–C–N with tert-alkyl or cyclic N) is 1. The number of nitrogens with zero attached hydrogens (tertiary/aromatic N) is 3. The summed E-state index contributed by atoms with van der Waals surface area (Å²) in [4.78, 5) is 29.0. The highest BCUT2D eigenvalue weighted by Crippen LogP contribution is 2.31. The molecule has 1 fully saturated rings. The zero-order chi connectivity index (χ0) is 25.9. The van der Waals surface area contributed by atoms with E-state index < -0.39 is 17.8 Å². The highest BCUT2D eigenvalue weighted by atomic mass is 32.1. The highest BCUT2D eigenvalue weighted by Gasteiger charge is 2.22. The number of rotatable bonds is 13. The molecular formula is C24H35FN6O4S. The number of benzene rings is 1. The molecule has 2 heterocycles. The largest absolute Gasteiger partial charge is 0.471 e. The van der Waals surface area contributed by atoms with Gasteiger partial charge in [0.15, 0.2) is 0 Å². The van der Waals surface area contributed by atoms with Crippen LogP contribution in [0.5, 0.6) is 5.88 Å². The molecule has 0 saturated carbocycles. The van der Waals surface area contributed by atoms with E-state index in [1.54, 1.807) is 19.1 Å².